The number of nitrogens with one attached hydrogen (secondary N) is 1. The van der Waals surface area contributed by atoms with Gasteiger partial charge in [-0.15, -0.1) is 0 Å². The van der Waals surface area contributed by atoms with Gasteiger partial charge in [-0.1, -0.05) is 12.8 Å². The lowest BCUT2D eigenvalue weighted by Crippen LogP contribution is -2.47. The molecule has 8 heteroatoms. The second-order valence-electron chi connectivity index (χ2n) is 10.0. The van der Waals surface area contributed by atoms with Crippen molar-refractivity contribution in [3.8, 4) is 0 Å². The van der Waals surface area contributed by atoms with Crippen LogP contribution in [0, 0.1) is 11.8 Å². The number of fused-ring (bicyclic) bond motifs is 1. The Labute approximate surface area is 190 Å². The van der Waals surface area contributed by atoms with Gasteiger partial charge in [0.25, 0.3) is 0 Å². The summed E-state index contributed by atoms with van der Waals surface area (Å²) in [5.41, 5.74) is 1.76. The molecule has 0 aromatic heterocycles. The third-order valence-corrected chi connectivity index (χ3v) is 9.39. The Hall–Kier alpha value is -1.93. The van der Waals surface area contributed by atoms with Crippen LogP contribution in [0.4, 0.5) is 5.69 Å². The van der Waals surface area contributed by atoms with Gasteiger partial charge in [-0.2, -0.15) is 4.31 Å². The van der Waals surface area contributed by atoms with Crippen molar-refractivity contribution in [3.63, 3.8) is 0 Å². The minimum Gasteiger partial charge on any atom is -0.353 e. The van der Waals surface area contributed by atoms with Crippen LogP contribution in [0.5, 0.6) is 0 Å². The van der Waals surface area contributed by atoms with E-state index in [1.165, 1.54) is 4.31 Å². The molecule has 0 bridgehead atoms. The topological polar surface area (TPSA) is 86.8 Å². The Balaban J connectivity index is 1.31. The van der Waals surface area contributed by atoms with E-state index in [0.29, 0.717) is 19.4 Å². The molecule has 0 unspecified atom stereocenters. The second kappa shape index (κ2) is 8.45. The third kappa shape index (κ3) is 4.07. The summed E-state index contributed by atoms with van der Waals surface area (Å²) in [6, 6.07) is 5.45. The SMILES string of the molecule is C[C@@H]1Cc2cc(S(=O)(=O)N3CCC[C@H](C(=O)NC4CCCC4)C3)ccc2N1C(=O)C1CC1. The number of rotatable bonds is 5. The molecule has 2 atom stereocenters. The van der Waals surface area contributed by atoms with Crippen LogP contribution in [-0.4, -0.2) is 49.7 Å². The number of carbonyl (C=O) groups is 2. The first-order valence-corrected chi connectivity index (χ1v) is 13.5. The largest absolute Gasteiger partial charge is 0.353 e. The van der Waals surface area contributed by atoms with Crippen LogP contribution in [0.3, 0.4) is 0 Å². The van der Waals surface area contributed by atoms with Gasteiger partial charge in [0, 0.05) is 36.8 Å². The van der Waals surface area contributed by atoms with Gasteiger partial charge in [0.1, 0.15) is 0 Å². The van der Waals surface area contributed by atoms with Crippen molar-refractivity contribution in [1.29, 1.82) is 0 Å². The van der Waals surface area contributed by atoms with Crippen molar-refractivity contribution in [2.24, 2.45) is 11.8 Å². The average molecular weight is 460 g/mol. The Kier molecular flexibility index (Phi) is 5.78. The molecule has 3 fully saturated rings. The fourth-order valence-electron chi connectivity index (χ4n) is 5.54. The molecule has 32 heavy (non-hydrogen) atoms. The molecule has 0 radical (unpaired) electrons. The van der Waals surface area contributed by atoms with Crippen LogP contribution in [0.1, 0.15) is 63.9 Å². The Morgan fingerprint density at radius 1 is 1.00 bits per heavy atom. The van der Waals surface area contributed by atoms with E-state index in [-0.39, 0.29) is 47.2 Å². The van der Waals surface area contributed by atoms with Crippen LogP contribution >= 0.6 is 0 Å². The number of hydrogen-bond donors (Lipinski definition) is 1. The van der Waals surface area contributed by atoms with Crippen molar-refractivity contribution < 1.29 is 18.0 Å². The monoisotopic (exact) mass is 459 g/mol. The molecule has 1 aromatic rings. The minimum absolute atomic E-state index is 0.00573. The van der Waals surface area contributed by atoms with Crippen LogP contribution in [0.15, 0.2) is 23.1 Å². The van der Waals surface area contributed by atoms with E-state index >= 15 is 0 Å². The summed E-state index contributed by atoms with van der Waals surface area (Å²) >= 11 is 0. The average Bonchev–Trinajstić information content (AvgIpc) is 3.41. The Morgan fingerprint density at radius 2 is 1.75 bits per heavy atom. The van der Waals surface area contributed by atoms with E-state index in [2.05, 4.69) is 5.32 Å². The standard InChI is InChI=1S/C24H33N3O4S/c1-16-13-19-14-21(10-11-22(19)27(16)24(29)17-8-9-17)32(30,31)26-12-4-5-18(15-26)23(28)25-20-6-2-3-7-20/h10-11,14,16-18,20H,2-9,12-13,15H2,1H3,(H,25,28)/t16-,18+/m1/s1. The highest BCUT2D eigenvalue weighted by atomic mass is 32.2. The predicted octanol–water partition coefficient (Wildman–Crippen LogP) is 2.83. The number of sulfonamides is 1. The molecule has 2 amide bonds. The first-order chi connectivity index (χ1) is 15.3. The van der Waals surface area contributed by atoms with Crippen LogP contribution < -0.4 is 10.2 Å². The highest BCUT2D eigenvalue weighted by Gasteiger charge is 2.40. The zero-order chi connectivity index (χ0) is 22.5. The quantitative estimate of drug-likeness (QED) is 0.734. The number of piperidine rings is 1. The van der Waals surface area contributed by atoms with Crippen LogP contribution in [0.2, 0.25) is 0 Å². The first kappa shape index (κ1) is 21.9. The number of nitrogens with zero attached hydrogens (tertiary/aromatic N) is 2. The van der Waals surface area contributed by atoms with E-state index in [1.54, 1.807) is 18.2 Å². The van der Waals surface area contributed by atoms with Gasteiger partial charge in [0.2, 0.25) is 21.8 Å². The summed E-state index contributed by atoms with van der Waals surface area (Å²) in [7, 11) is -3.69. The highest BCUT2D eigenvalue weighted by Crippen LogP contribution is 2.40. The number of benzene rings is 1. The van der Waals surface area contributed by atoms with Crippen molar-refractivity contribution in [2.45, 2.75) is 81.7 Å². The molecule has 5 rings (SSSR count). The van der Waals surface area contributed by atoms with Gasteiger partial charge in [-0.25, -0.2) is 8.42 Å². The summed E-state index contributed by atoms with van der Waals surface area (Å²) in [6.07, 6.45) is 8.33. The minimum atomic E-state index is -3.69. The Bertz CT molecular complexity index is 1010. The molecular weight excluding hydrogens is 426 g/mol. The Morgan fingerprint density at radius 3 is 2.47 bits per heavy atom. The van der Waals surface area contributed by atoms with Gasteiger partial charge in [0.15, 0.2) is 0 Å². The van der Waals surface area contributed by atoms with Crippen LogP contribution in [-0.2, 0) is 26.0 Å². The van der Waals surface area contributed by atoms with Crippen molar-refractivity contribution in [1.82, 2.24) is 9.62 Å². The summed E-state index contributed by atoms with van der Waals surface area (Å²) in [5.74, 6) is 0.000476. The first-order valence-electron chi connectivity index (χ1n) is 12.1. The number of carbonyl (C=O) groups excluding carboxylic acids is 2. The van der Waals surface area contributed by atoms with Gasteiger partial charge in [-0.3, -0.25) is 9.59 Å². The fourth-order valence-corrected chi connectivity index (χ4v) is 7.12. The summed E-state index contributed by atoms with van der Waals surface area (Å²) in [6.45, 7) is 2.70. The zero-order valence-electron chi connectivity index (χ0n) is 18.8. The normalized spacial score (nSPS) is 26.8. The molecular formula is C24H33N3O4S. The van der Waals surface area contributed by atoms with E-state index in [0.717, 1.165) is 56.2 Å². The summed E-state index contributed by atoms with van der Waals surface area (Å²) in [4.78, 5) is 27.6. The number of amides is 2. The molecule has 0 spiro atoms. The molecule has 4 aliphatic rings. The predicted molar refractivity (Wildman–Crippen MR) is 122 cm³/mol. The summed E-state index contributed by atoms with van der Waals surface area (Å²) < 4.78 is 28.3. The fraction of sp³-hybridized carbons (Fsp3) is 0.667. The maximum absolute atomic E-state index is 13.4. The van der Waals surface area contributed by atoms with Crippen molar-refractivity contribution in [2.75, 3.05) is 18.0 Å². The smallest absolute Gasteiger partial charge is 0.243 e. The lowest BCUT2D eigenvalue weighted by atomic mass is 9.98. The lowest BCUT2D eigenvalue weighted by molar-refractivity contribution is -0.126. The molecule has 1 N–H and O–H groups in total. The van der Waals surface area contributed by atoms with E-state index in [9.17, 15) is 18.0 Å². The lowest BCUT2D eigenvalue weighted by Gasteiger charge is -2.32. The summed E-state index contributed by atoms with van der Waals surface area (Å²) in [5, 5.41) is 3.13. The third-order valence-electron chi connectivity index (χ3n) is 7.52. The van der Waals surface area contributed by atoms with E-state index in [4.69, 9.17) is 0 Å². The van der Waals surface area contributed by atoms with E-state index in [1.807, 2.05) is 11.8 Å². The zero-order valence-corrected chi connectivity index (χ0v) is 19.6. The second-order valence-corrected chi connectivity index (χ2v) is 12.0. The van der Waals surface area contributed by atoms with E-state index < -0.39 is 10.0 Å². The highest BCUT2D eigenvalue weighted by molar-refractivity contribution is 7.89. The molecule has 2 saturated carbocycles. The van der Waals surface area contributed by atoms with Gasteiger partial charge in [-0.05, 0) is 75.6 Å². The van der Waals surface area contributed by atoms with Crippen molar-refractivity contribution in [3.05, 3.63) is 23.8 Å². The van der Waals surface area contributed by atoms with Gasteiger partial charge >= 0.3 is 0 Å². The maximum atomic E-state index is 13.4. The van der Waals surface area contributed by atoms with Crippen LogP contribution in [0.25, 0.3) is 0 Å². The van der Waals surface area contributed by atoms with Gasteiger partial charge in [0.05, 0.1) is 10.8 Å². The maximum Gasteiger partial charge on any atom is 0.243 e. The number of hydrogen-bond acceptors (Lipinski definition) is 4. The molecule has 7 nitrogen and oxygen atoms in total. The molecule has 1 aromatic carbocycles. The van der Waals surface area contributed by atoms with Crippen molar-refractivity contribution >= 4 is 27.5 Å². The number of anilines is 1. The molecule has 2 aliphatic heterocycles. The molecule has 2 aliphatic carbocycles. The molecule has 1 saturated heterocycles. The molecule has 2 heterocycles. The van der Waals surface area contributed by atoms with Gasteiger partial charge < -0.3 is 10.2 Å². The molecule has 174 valence electrons.